The highest BCUT2D eigenvalue weighted by atomic mass is 32.2. The van der Waals surface area contributed by atoms with Crippen molar-refractivity contribution in [3.05, 3.63) is 29.8 Å². The minimum absolute atomic E-state index is 0.0709. The largest absolute Gasteiger partial charge is 0.493 e. The molecule has 0 fully saturated rings. The van der Waals surface area contributed by atoms with E-state index in [1.54, 1.807) is 0 Å². The molecule has 7 heteroatoms. The lowest BCUT2D eigenvalue weighted by Gasteiger charge is -2.30. The molecule has 0 unspecified atom stereocenters. The number of benzene rings is 1. The van der Waals surface area contributed by atoms with E-state index >= 15 is 0 Å². The van der Waals surface area contributed by atoms with E-state index in [2.05, 4.69) is 0 Å². The van der Waals surface area contributed by atoms with Crippen LogP contribution in [0.2, 0.25) is 0 Å². The number of rotatable bonds is 7. The minimum atomic E-state index is -3.64. The zero-order valence-corrected chi connectivity index (χ0v) is 12.3. The van der Waals surface area contributed by atoms with Crippen molar-refractivity contribution in [3.8, 4) is 5.75 Å². The molecule has 0 atom stereocenters. The summed E-state index contributed by atoms with van der Waals surface area (Å²) in [6.07, 6.45) is 1.09. The first kappa shape index (κ1) is 16.8. The number of sulfonamides is 1. The summed E-state index contributed by atoms with van der Waals surface area (Å²) >= 11 is 0. The molecule has 0 bridgehead atoms. The van der Waals surface area contributed by atoms with E-state index in [-0.39, 0.29) is 18.1 Å². The maximum atomic E-state index is 13.1. The monoisotopic (exact) mass is 307 g/mol. The Morgan fingerprint density at radius 3 is 2.25 bits per heavy atom. The Balaban J connectivity index is 2.83. The third kappa shape index (κ3) is 4.72. The molecule has 114 valence electrons. The third-order valence-electron chi connectivity index (χ3n) is 3.44. The second-order valence-corrected chi connectivity index (χ2v) is 6.49. The van der Waals surface area contributed by atoms with Crippen molar-refractivity contribution < 1.29 is 21.9 Å². The van der Waals surface area contributed by atoms with Gasteiger partial charge in [0.05, 0.1) is 12.4 Å². The van der Waals surface area contributed by atoms with Gasteiger partial charge in [-0.2, -0.15) is 0 Å². The predicted molar refractivity (Wildman–Crippen MR) is 72.8 cm³/mol. The van der Waals surface area contributed by atoms with Crippen LogP contribution in [0.15, 0.2) is 18.2 Å². The summed E-state index contributed by atoms with van der Waals surface area (Å²) in [6.45, 7) is 3.74. The van der Waals surface area contributed by atoms with Crippen LogP contribution in [0, 0.1) is 17.0 Å². The Kier molecular flexibility index (Phi) is 5.47. The van der Waals surface area contributed by atoms with Gasteiger partial charge in [0.25, 0.3) is 0 Å². The quantitative estimate of drug-likeness (QED) is 0.841. The van der Waals surface area contributed by atoms with Crippen molar-refractivity contribution in [2.75, 3.05) is 12.4 Å². The minimum Gasteiger partial charge on any atom is -0.493 e. The Hall–Kier alpha value is -1.21. The smallest absolute Gasteiger partial charge is 0.209 e. The first-order valence-corrected chi connectivity index (χ1v) is 8.01. The van der Waals surface area contributed by atoms with Crippen molar-refractivity contribution in [1.82, 2.24) is 0 Å². The summed E-state index contributed by atoms with van der Waals surface area (Å²) in [5.74, 6) is -2.02. The van der Waals surface area contributed by atoms with Crippen LogP contribution in [0.25, 0.3) is 0 Å². The van der Waals surface area contributed by atoms with Gasteiger partial charge in [-0.3, -0.25) is 0 Å². The van der Waals surface area contributed by atoms with E-state index < -0.39 is 27.1 Å². The molecular formula is C13H19F2NO3S. The Morgan fingerprint density at radius 1 is 1.20 bits per heavy atom. The molecule has 0 aliphatic carbocycles. The van der Waals surface area contributed by atoms with E-state index in [4.69, 9.17) is 9.88 Å². The number of halogens is 2. The van der Waals surface area contributed by atoms with E-state index in [0.717, 1.165) is 12.1 Å². The zero-order chi connectivity index (χ0) is 15.4. The van der Waals surface area contributed by atoms with Gasteiger partial charge in [0.15, 0.2) is 11.6 Å². The molecule has 1 aromatic carbocycles. The molecule has 4 nitrogen and oxygen atoms in total. The van der Waals surface area contributed by atoms with Gasteiger partial charge < -0.3 is 4.74 Å². The van der Waals surface area contributed by atoms with Crippen LogP contribution in [-0.2, 0) is 10.0 Å². The molecule has 0 heterocycles. The molecule has 0 aromatic heterocycles. The van der Waals surface area contributed by atoms with E-state index in [1.165, 1.54) is 6.07 Å². The van der Waals surface area contributed by atoms with Gasteiger partial charge in [-0.25, -0.2) is 22.3 Å². The molecule has 2 N–H and O–H groups in total. The number of ether oxygens (including phenoxy) is 1. The zero-order valence-electron chi connectivity index (χ0n) is 11.5. The molecule has 0 saturated carbocycles. The summed E-state index contributed by atoms with van der Waals surface area (Å²) in [7, 11) is -3.64. The van der Waals surface area contributed by atoms with Crippen LogP contribution in [-0.4, -0.2) is 20.8 Å². The Bertz CT molecular complexity index is 557. The van der Waals surface area contributed by atoms with Crippen LogP contribution < -0.4 is 9.88 Å². The van der Waals surface area contributed by atoms with Crippen LogP contribution in [0.5, 0.6) is 5.75 Å². The maximum absolute atomic E-state index is 13.1. The van der Waals surface area contributed by atoms with Gasteiger partial charge in [-0.1, -0.05) is 13.8 Å². The summed E-state index contributed by atoms with van der Waals surface area (Å²) in [4.78, 5) is 0. The second kappa shape index (κ2) is 6.49. The van der Waals surface area contributed by atoms with Gasteiger partial charge in [0.1, 0.15) is 5.75 Å². The summed E-state index contributed by atoms with van der Waals surface area (Å²) in [5.41, 5.74) is -0.640. The van der Waals surface area contributed by atoms with Crippen LogP contribution in [0.3, 0.4) is 0 Å². The van der Waals surface area contributed by atoms with Crippen molar-refractivity contribution in [2.45, 2.75) is 26.7 Å². The van der Waals surface area contributed by atoms with Gasteiger partial charge in [0.2, 0.25) is 10.0 Å². The first-order valence-electron chi connectivity index (χ1n) is 6.29. The lowest BCUT2D eigenvalue weighted by atomic mass is 9.85. The average Bonchev–Trinajstić information content (AvgIpc) is 2.37. The average molecular weight is 307 g/mol. The Morgan fingerprint density at radius 2 is 1.80 bits per heavy atom. The predicted octanol–water partition coefficient (Wildman–Crippen LogP) is 2.44. The maximum Gasteiger partial charge on any atom is 0.209 e. The van der Waals surface area contributed by atoms with E-state index in [0.29, 0.717) is 12.8 Å². The first-order chi connectivity index (χ1) is 9.21. The highest BCUT2D eigenvalue weighted by molar-refractivity contribution is 7.89. The number of hydrogen-bond acceptors (Lipinski definition) is 3. The van der Waals surface area contributed by atoms with Crippen molar-refractivity contribution in [2.24, 2.45) is 10.6 Å². The summed E-state index contributed by atoms with van der Waals surface area (Å²) in [6, 6.07) is 3.19. The molecule has 0 aliphatic heterocycles. The van der Waals surface area contributed by atoms with Gasteiger partial charge >= 0.3 is 0 Å². The van der Waals surface area contributed by atoms with Crippen LogP contribution in [0.4, 0.5) is 8.78 Å². The van der Waals surface area contributed by atoms with E-state index in [9.17, 15) is 17.2 Å². The van der Waals surface area contributed by atoms with Crippen molar-refractivity contribution in [3.63, 3.8) is 0 Å². The van der Waals surface area contributed by atoms with Gasteiger partial charge in [-0.05, 0) is 25.0 Å². The SMILES string of the molecule is CCC(CC)(COc1ccc(F)c(F)c1)CS(N)(=O)=O. The summed E-state index contributed by atoms with van der Waals surface area (Å²) < 4.78 is 53.8. The fraction of sp³-hybridized carbons (Fsp3) is 0.538. The van der Waals surface area contributed by atoms with Gasteiger partial charge in [0, 0.05) is 11.5 Å². The normalized spacial score (nSPS) is 12.4. The highest BCUT2D eigenvalue weighted by Gasteiger charge is 2.32. The molecule has 1 rings (SSSR count). The second-order valence-electron chi connectivity index (χ2n) is 4.88. The number of primary sulfonamides is 1. The molecule has 0 radical (unpaired) electrons. The van der Waals surface area contributed by atoms with Crippen molar-refractivity contribution >= 4 is 10.0 Å². The molecule has 0 amide bonds. The number of hydrogen-bond donors (Lipinski definition) is 1. The lowest BCUT2D eigenvalue weighted by molar-refractivity contribution is 0.154. The molecule has 20 heavy (non-hydrogen) atoms. The molecule has 1 aromatic rings. The fourth-order valence-corrected chi connectivity index (χ4v) is 3.27. The Labute approximate surface area is 118 Å². The molecule has 0 saturated heterocycles. The third-order valence-corrected chi connectivity index (χ3v) is 4.46. The molecular weight excluding hydrogens is 288 g/mol. The van der Waals surface area contributed by atoms with Crippen LogP contribution in [0.1, 0.15) is 26.7 Å². The van der Waals surface area contributed by atoms with Crippen LogP contribution >= 0.6 is 0 Å². The van der Waals surface area contributed by atoms with Crippen molar-refractivity contribution in [1.29, 1.82) is 0 Å². The molecule has 0 spiro atoms. The topological polar surface area (TPSA) is 69.4 Å². The summed E-state index contributed by atoms with van der Waals surface area (Å²) in [5, 5.41) is 5.09. The lowest BCUT2D eigenvalue weighted by Crippen LogP contribution is -2.37. The fourth-order valence-electron chi connectivity index (χ4n) is 1.93. The van der Waals surface area contributed by atoms with Gasteiger partial charge in [-0.15, -0.1) is 0 Å². The highest BCUT2D eigenvalue weighted by Crippen LogP contribution is 2.29. The number of nitrogens with two attached hydrogens (primary N) is 1. The molecule has 0 aliphatic rings. The standard InChI is InChI=1S/C13H19F2NO3S/c1-3-13(4-2,9-20(16,17)18)8-19-10-5-6-11(14)12(15)7-10/h5-7H,3-4,8-9H2,1-2H3,(H2,16,17,18). The van der Waals surface area contributed by atoms with E-state index in [1.807, 2.05) is 13.8 Å².